The van der Waals surface area contributed by atoms with Crippen molar-refractivity contribution in [2.24, 2.45) is 0 Å². The molecular formula is CH5BP2. The fourth-order valence-corrected chi connectivity index (χ4v) is 0. The van der Waals surface area contributed by atoms with Crippen LogP contribution < -0.4 is 0 Å². The van der Waals surface area contributed by atoms with Crippen molar-refractivity contribution in [1.29, 1.82) is 0 Å². The lowest BCUT2D eigenvalue weighted by Crippen LogP contribution is -1.55. The predicted octanol–water partition coefficient (Wildman–Crippen LogP) is 0.581. The van der Waals surface area contributed by atoms with Crippen molar-refractivity contribution < 1.29 is 0 Å². The molecule has 0 aromatic carbocycles. The van der Waals surface area contributed by atoms with E-state index in [1.807, 2.05) is 0 Å². The summed E-state index contributed by atoms with van der Waals surface area (Å²) in [6, 6.07) is 0.810. The van der Waals surface area contributed by atoms with Crippen LogP contribution in [0.3, 0.4) is 0 Å². The molecule has 0 aromatic rings. The quantitative estimate of drug-likeness (QED) is 0.326. The SMILES string of the molecule is [B]CPP. The summed E-state index contributed by atoms with van der Waals surface area (Å²) in [7, 11) is 8.41. The van der Waals surface area contributed by atoms with Gasteiger partial charge in [-0.15, -0.1) is 17.2 Å². The van der Waals surface area contributed by atoms with Gasteiger partial charge in [0, 0.05) is 0 Å². The van der Waals surface area contributed by atoms with Gasteiger partial charge in [0.1, 0.15) is 0 Å². The molecule has 0 rings (SSSR count). The Labute approximate surface area is 32.0 Å². The van der Waals surface area contributed by atoms with Crippen LogP contribution in [0.4, 0.5) is 0 Å². The Morgan fingerprint density at radius 2 is 2.25 bits per heavy atom. The fourth-order valence-electron chi connectivity index (χ4n) is 0. The third-order valence-electron chi connectivity index (χ3n) is 0.118. The molecule has 2 unspecified atom stereocenters. The Kier molecular flexibility index (Phi) is 4.83. The first kappa shape index (κ1) is 4.92. The van der Waals surface area contributed by atoms with Gasteiger partial charge in [-0.2, -0.15) is 0 Å². The van der Waals surface area contributed by atoms with Crippen molar-refractivity contribution in [3.05, 3.63) is 0 Å². The molecule has 2 radical (unpaired) electrons. The molecule has 0 fully saturated rings. The zero-order valence-electron chi connectivity index (χ0n) is 2.36. The number of rotatable bonds is 1. The number of hydrogen-bond acceptors (Lipinski definition) is 0. The highest BCUT2D eigenvalue weighted by Gasteiger charge is 1.55. The summed E-state index contributed by atoms with van der Waals surface area (Å²) in [6.07, 6.45) is 0. The molecule has 0 heterocycles. The average Bonchev–Trinajstić information content (AvgIpc) is 1.37. The normalized spacial score (nSPS) is 10.2. The maximum absolute atomic E-state index is 5.02. The third-order valence-corrected chi connectivity index (χ3v) is 1.06. The van der Waals surface area contributed by atoms with Crippen molar-refractivity contribution in [1.82, 2.24) is 0 Å². The van der Waals surface area contributed by atoms with Crippen molar-refractivity contribution in [2.45, 2.75) is 0 Å². The van der Waals surface area contributed by atoms with E-state index in [1.54, 1.807) is 0 Å². The Morgan fingerprint density at radius 1 is 2.00 bits per heavy atom. The van der Waals surface area contributed by atoms with E-state index in [1.165, 1.54) is 0 Å². The molecule has 0 N–H and O–H groups in total. The molecule has 0 aliphatic rings. The summed E-state index contributed by atoms with van der Waals surface area (Å²) in [5, 5.41) is 0. The van der Waals surface area contributed by atoms with Gasteiger partial charge in [-0.1, -0.05) is 6.06 Å². The molecule has 0 saturated heterocycles. The fraction of sp³-hybridized carbons (Fsp3) is 1.00. The van der Waals surface area contributed by atoms with Crippen LogP contribution >= 0.6 is 17.2 Å². The van der Waals surface area contributed by atoms with Crippen molar-refractivity contribution in [3.8, 4) is 0 Å². The van der Waals surface area contributed by atoms with Gasteiger partial charge in [0.25, 0.3) is 0 Å². The van der Waals surface area contributed by atoms with E-state index < -0.39 is 0 Å². The molecule has 2 atom stereocenters. The van der Waals surface area contributed by atoms with Gasteiger partial charge in [-0.25, -0.2) is 0 Å². The second-order valence-corrected chi connectivity index (χ2v) is 2.45. The van der Waals surface area contributed by atoms with Crippen LogP contribution in [0.5, 0.6) is 0 Å². The molecule has 0 aromatic heterocycles. The molecule has 0 aliphatic heterocycles. The maximum atomic E-state index is 5.02. The molecule has 22 valence electrons. The summed E-state index contributed by atoms with van der Waals surface area (Å²) in [5.74, 6) is 0. The van der Waals surface area contributed by atoms with Gasteiger partial charge in [0.15, 0.2) is 0 Å². The van der Waals surface area contributed by atoms with Crippen LogP contribution in [0.2, 0.25) is 0 Å². The highest BCUT2D eigenvalue weighted by Crippen LogP contribution is 2.15. The van der Waals surface area contributed by atoms with E-state index in [2.05, 4.69) is 8.93 Å². The minimum absolute atomic E-state index is 0.810. The highest BCUT2D eigenvalue weighted by atomic mass is 32.0. The Hall–Kier alpha value is 0.925. The first-order valence-electron chi connectivity index (χ1n) is 1.05. The Morgan fingerprint density at radius 3 is 2.25 bits per heavy atom. The molecular weight excluding hydrogens is 84.8 g/mol. The largest absolute Gasteiger partial charge is 0.115 e. The third kappa shape index (κ3) is 2.92. The molecule has 0 aliphatic carbocycles. The topological polar surface area (TPSA) is 0 Å². The molecule has 3 heteroatoms. The van der Waals surface area contributed by atoms with Gasteiger partial charge < -0.3 is 0 Å². The summed E-state index contributed by atoms with van der Waals surface area (Å²) < 4.78 is 0. The summed E-state index contributed by atoms with van der Waals surface area (Å²) in [5.41, 5.74) is 0. The van der Waals surface area contributed by atoms with Crippen LogP contribution in [0, 0.1) is 0 Å². The lowest BCUT2D eigenvalue weighted by Gasteiger charge is -1.69. The predicted molar refractivity (Wildman–Crippen MR) is 28.6 cm³/mol. The Bertz CT molecular complexity index is 8.00. The summed E-state index contributed by atoms with van der Waals surface area (Å²) in [4.78, 5) is 0. The first-order valence-corrected chi connectivity index (χ1v) is 4.07. The lowest BCUT2D eigenvalue weighted by molar-refractivity contribution is 2.24. The van der Waals surface area contributed by atoms with Crippen LogP contribution in [-0.2, 0) is 0 Å². The smallest absolute Gasteiger partial charge is 0.0716 e. The van der Waals surface area contributed by atoms with Crippen molar-refractivity contribution in [3.63, 3.8) is 0 Å². The van der Waals surface area contributed by atoms with E-state index in [4.69, 9.17) is 7.85 Å². The van der Waals surface area contributed by atoms with E-state index in [-0.39, 0.29) is 0 Å². The van der Waals surface area contributed by atoms with E-state index in [9.17, 15) is 0 Å². The Balaban J connectivity index is 1.97. The summed E-state index contributed by atoms with van der Waals surface area (Å²) in [6.45, 7) is 0. The van der Waals surface area contributed by atoms with Crippen molar-refractivity contribution in [2.75, 3.05) is 6.06 Å². The molecule has 0 nitrogen and oxygen atoms in total. The van der Waals surface area contributed by atoms with Crippen LogP contribution in [0.1, 0.15) is 0 Å². The van der Waals surface area contributed by atoms with E-state index in [0.29, 0.717) is 0 Å². The van der Waals surface area contributed by atoms with Gasteiger partial charge in [0.2, 0.25) is 0 Å². The first-order chi connectivity index (χ1) is 1.91. The van der Waals surface area contributed by atoms with Gasteiger partial charge >= 0.3 is 0 Å². The lowest BCUT2D eigenvalue weighted by atomic mass is 10.2. The van der Waals surface area contributed by atoms with Crippen LogP contribution in [0.25, 0.3) is 0 Å². The van der Waals surface area contributed by atoms with Crippen molar-refractivity contribution >= 4 is 25.0 Å². The van der Waals surface area contributed by atoms with Gasteiger partial charge in [-0.3, -0.25) is 0 Å². The highest BCUT2D eigenvalue weighted by molar-refractivity contribution is 8.03. The minimum atomic E-state index is 0.810. The molecule has 0 bridgehead atoms. The summed E-state index contributed by atoms with van der Waals surface area (Å²) >= 11 is 0. The van der Waals surface area contributed by atoms with Crippen LogP contribution in [-0.4, -0.2) is 13.9 Å². The van der Waals surface area contributed by atoms with E-state index in [0.717, 1.165) is 14.3 Å². The molecule has 4 heavy (non-hydrogen) atoms. The molecule has 0 saturated carbocycles. The molecule has 0 spiro atoms. The van der Waals surface area contributed by atoms with E-state index >= 15 is 0 Å². The number of hydrogen-bond donors (Lipinski definition) is 0. The maximum Gasteiger partial charge on any atom is 0.0716 e. The monoisotopic (exact) mass is 90.0 g/mol. The minimum Gasteiger partial charge on any atom is -0.115 e. The standard InChI is InChI=1S/CH5BP2/c2-1-4-3/h4H,1,3H2. The second kappa shape index (κ2) is 3.92. The second-order valence-electron chi connectivity index (χ2n) is 0.408. The molecule has 0 amide bonds. The van der Waals surface area contributed by atoms with Crippen LogP contribution in [0.15, 0.2) is 0 Å². The van der Waals surface area contributed by atoms with Gasteiger partial charge in [-0.05, 0) is 0 Å². The zero-order valence-corrected chi connectivity index (χ0v) is 4.52. The van der Waals surface area contributed by atoms with Gasteiger partial charge in [0.05, 0.1) is 7.85 Å². The zero-order chi connectivity index (χ0) is 3.41. The average molecular weight is 89.8 g/mol.